The first-order chi connectivity index (χ1) is 11.3. The van der Waals surface area contributed by atoms with Crippen LogP contribution in [0.25, 0.3) is 43.7 Å². The molecule has 23 heavy (non-hydrogen) atoms. The molecular weight excluding hydrogens is 294 g/mol. The molecule has 2 aromatic carbocycles. The highest BCUT2D eigenvalue weighted by Crippen LogP contribution is 2.36. The zero-order chi connectivity index (χ0) is 15.8. The topological polar surface area (TPSA) is 76.5 Å². The van der Waals surface area contributed by atoms with E-state index in [2.05, 4.69) is 12.1 Å². The van der Waals surface area contributed by atoms with Crippen molar-refractivity contribution < 1.29 is 18.7 Å². The highest BCUT2D eigenvalue weighted by molar-refractivity contribution is 6.22. The lowest BCUT2D eigenvalue weighted by molar-refractivity contribution is -0.122. The lowest BCUT2D eigenvalue weighted by Gasteiger charge is -2.03. The van der Waals surface area contributed by atoms with Gasteiger partial charge in [-0.15, -0.1) is 0 Å². The molecule has 5 rings (SSSR count). The fraction of sp³-hybridized carbons (Fsp3) is 0. The number of hydrogen-bond donors (Lipinski definition) is 1. The van der Waals surface area contributed by atoms with Crippen molar-refractivity contribution in [1.82, 2.24) is 4.98 Å². The zero-order valence-electron chi connectivity index (χ0n) is 11.9. The van der Waals surface area contributed by atoms with Gasteiger partial charge in [0.15, 0.2) is 5.58 Å². The van der Waals surface area contributed by atoms with E-state index in [1.807, 2.05) is 30.3 Å². The lowest BCUT2D eigenvalue weighted by Crippen LogP contribution is -1.84. The van der Waals surface area contributed by atoms with Gasteiger partial charge in [-0.2, -0.15) is 0 Å². The quantitative estimate of drug-likeness (QED) is 0.335. The maximum Gasteiger partial charge on any atom is 0.290 e. The Bertz CT molecular complexity index is 1060. The Morgan fingerprint density at radius 2 is 1.61 bits per heavy atom. The summed E-state index contributed by atoms with van der Waals surface area (Å²) in [5.41, 5.74) is 3.50. The van der Waals surface area contributed by atoms with Crippen molar-refractivity contribution in [2.45, 2.75) is 0 Å². The number of para-hydroxylation sites is 1. The monoisotopic (exact) mass is 305 g/mol. The molecule has 0 aliphatic rings. The number of pyridine rings is 1. The number of furan rings is 2. The SMILES string of the molecule is O=CO.c1ccc2nc3c(cc2c1)c1ccoc1c1ccoc13. The molecule has 0 atom stereocenters. The average molecular weight is 305 g/mol. The van der Waals surface area contributed by atoms with Gasteiger partial charge >= 0.3 is 0 Å². The number of hydrogen-bond acceptors (Lipinski definition) is 4. The molecule has 112 valence electrons. The van der Waals surface area contributed by atoms with Gasteiger partial charge in [0, 0.05) is 16.2 Å². The van der Waals surface area contributed by atoms with Gasteiger partial charge < -0.3 is 13.9 Å². The highest BCUT2D eigenvalue weighted by Gasteiger charge is 2.14. The van der Waals surface area contributed by atoms with E-state index < -0.39 is 0 Å². The summed E-state index contributed by atoms with van der Waals surface area (Å²) in [4.78, 5) is 13.1. The summed E-state index contributed by atoms with van der Waals surface area (Å²) < 4.78 is 11.3. The van der Waals surface area contributed by atoms with E-state index in [0.717, 1.165) is 43.7 Å². The van der Waals surface area contributed by atoms with Crippen LogP contribution in [-0.4, -0.2) is 16.6 Å². The van der Waals surface area contributed by atoms with Gasteiger partial charge in [-0.25, -0.2) is 4.98 Å². The summed E-state index contributed by atoms with van der Waals surface area (Å²) in [6, 6.07) is 14.2. The van der Waals surface area contributed by atoms with Crippen LogP contribution in [0.4, 0.5) is 0 Å². The second kappa shape index (κ2) is 5.14. The molecule has 3 aromatic heterocycles. The van der Waals surface area contributed by atoms with E-state index in [1.54, 1.807) is 12.5 Å². The maximum atomic E-state index is 8.36. The largest absolute Gasteiger partial charge is 0.483 e. The number of benzene rings is 2. The van der Waals surface area contributed by atoms with E-state index in [0.29, 0.717) is 0 Å². The van der Waals surface area contributed by atoms with Crippen LogP contribution in [0, 0.1) is 0 Å². The minimum absolute atomic E-state index is 0.250. The van der Waals surface area contributed by atoms with Crippen molar-refractivity contribution in [3.63, 3.8) is 0 Å². The van der Waals surface area contributed by atoms with E-state index in [4.69, 9.17) is 23.7 Å². The summed E-state index contributed by atoms with van der Waals surface area (Å²) in [6.07, 6.45) is 3.40. The van der Waals surface area contributed by atoms with E-state index in [9.17, 15) is 0 Å². The molecule has 5 aromatic rings. The average Bonchev–Trinajstić information content (AvgIpc) is 3.23. The van der Waals surface area contributed by atoms with Crippen LogP contribution in [-0.2, 0) is 4.79 Å². The van der Waals surface area contributed by atoms with Gasteiger partial charge in [0.25, 0.3) is 6.47 Å². The normalized spacial score (nSPS) is 11.0. The third-order valence-corrected chi connectivity index (χ3v) is 3.80. The Morgan fingerprint density at radius 1 is 0.913 bits per heavy atom. The van der Waals surface area contributed by atoms with Crippen molar-refractivity contribution in [1.29, 1.82) is 0 Å². The second-order valence-electron chi connectivity index (χ2n) is 5.01. The summed E-state index contributed by atoms with van der Waals surface area (Å²) >= 11 is 0. The first kappa shape index (κ1) is 13.3. The number of nitrogens with zero attached hydrogens (tertiary/aromatic N) is 1. The van der Waals surface area contributed by atoms with Crippen molar-refractivity contribution in [2.24, 2.45) is 0 Å². The Labute approximate surface area is 129 Å². The molecule has 0 aliphatic carbocycles. The van der Waals surface area contributed by atoms with Crippen molar-refractivity contribution in [2.75, 3.05) is 0 Å². The van der Waals surface area contributed by atoms with E-state index in [1.165, 1.54) is 0 Å². The van der Waals surface area contributed by atoms with Crippen LogP contribution < -0.4 is 0 Å². The molecule has 0 bridgehead atoms. The van der Waals surface area contributed by atoms with Crippen molar-refractivity contribution in [3.05, 3.63) is 55.0 Å². The molecular formula is C18H11NO4. The third kappa shape index (κ3) is 1.94. The lowest BCUT2D eigenvalue weighted by atomic mass is 10.1. The van der Waals surface area contributed by atoms with Crippen LogP contribution >= 0.6 is 0 Å². The van der Waals surface area contributed by atoms with Crippen LogP contribution in [0.5, 0.6) is 0 Å². The number of carbonyl (C=O) groups is 1. The highest BCUT2D eigenvalue weighted by atomic mass is 16.3. The van der Waals surface area contributed by atoms with Crippen LogP contribution in [0.3, 0.4) is 0 Å². The van der Waals surface area contributed by atoms with E-state index in [-0.39, 0.29) is 6.47 Å². The molecule has 0 amide bonds. The minimum atomic E-state index is -0.250. The van der Waals surface area contributed by atoms with Gasteiger partial charge in [0.05, 0.1) is 23.4 Å². The summed E-state index contributed by atoms with van der Waals surface area (Å²) in [6.45, 7) is -0.250. The predicted molar refractivity (Wildman–Crippen MR) is 87.5 cm³/mol. The summed E-state index contributed by atoms with van der Waals surface area (Å²) in [7, 11) is 0. The van der Waals surface area contributed by atoms with Crippen LogP contribution in [0.2, 0.25) is 0 Å². The Morgan fingerprint density at radius 3 is 2.43 bits per heavy atom. The summed E-state index contributed by atoms with van der Waals surface area (Å²) in [5, 5.41) is 11.1. The van der Waals surface area contributed by atoms with Gasteiger partial charge in [-0.05, 0) is 24.3 Å². The molecule has 0 saturated heterocycles. The molecule has 0 unspecified atom stereocenters. The minimum Gasteiger partial charge on any atom is -0.483 e. The molecule has 0 radical (unpaired) electrons. The molecule has 0 spiro atoms. The molecule has 5 nitrogen and oxygen atoms in total. The number of aromatic nitrogens is 1. The smallest absolute Gasteiger partial charge is 0.290 e. The van der Waals surface area contributed by atoms with Crippen molar-refractivity contribution >= 4 is 50.2 Å². The molecule has 1 N–H and O–H groups in total. The third-order valence-electron chi connectivity index (χ3n) is 3.80. The number of rotatable bonds is 0. The van der Waals surface area contributed by atoms with Gasteiger partial charge in [0.1, 0.15) is 11.1 Å². The Balaban J connectivity index is 0.000000421. The molecule has 0 fully saturated rings. The predicted octanol–water partition coefficient (Wildman–Crippen LogP) is 4.58. The Kier molecular flexibility index (Phi) is 2.98. The molecule has 5 heteroatoms. The second-order valence-corrected chi connectivity index (χ2v) is 5.01. The first-order valence-electron chi connectivity index (χ1n) is 6.97. The summed E-state index contributed by atoms with van der Waals surface area (Å²) in [5.74, 6) is 0. The van der Waals surface area contributed by atoms with Crippen LogP contribution in [0.1, 0.15) is 0 Å². The first-order valence-corrected chi connectivity index (χ1v) is 6.97. The van der Waals surface area contributed by atoms with Crippen molar-refractivity contribution in [3.8, 4) is 0 Å². The number of carboxylic acid groups (broad SMARTS) is 1. The van der Waals surface area contributed by atoms with Gasteiger partial charge in [-0.1, -0.05) is 18.2 Å². The molecule has 0 aliphatic heterocycles. The maximum absolute atomic E-state index is 8.36. The van der Waals surface area contributed by atoms with Gasteiger partial charge in [-0.3, -0.25) is 4.79 Å². The fourth-order valence-electron chi connectivity index (χ4n) is 2.90. The molecule has 0 saturated carbocycles. The van der Waals surface area contributed by atoms with Gasteiger partial charge in [0.2, 0.25) is 0 Å². The van der Waals surface area contributed by atoms with Crippen LogP contribution in [0.15, 0.2) is 63.8 Å². The molecule has 3 heterocycles. The zero-order valence-corrected chi connectivity index (χ0v) is 11.9. The standard InChI is InChI=1S/C17H9NO2.CH2O2/c1-2-4-14-10(3-1)9-13-11-5-7-19-16(11)12-6-8-20-17(12)15(13)18-14;2-1-3/h1-9H;1H,(H,2,3). The fourth-order valence-corrected chi connectivity index (χ4v) is 2.90. The Hall–Kier alpha value is -3.34. The number of fused-ring (bicyclic) bond motifs is 7. The van der Waals surface area contributed by atoms with E-state index >= 15 is 0 Å².